The van der Waals surface area contributed by atoms with Crippen LogP contribution in [0.1, 0.15) is 98.3 Å². The topological polar surface area (TPSA) is 93.8 Å². The van der Waals surface area contributed by atoms with E-state index in [1.807, 2.05) is 0 Å². The van der Waals surface area contributed by atoms with Crippen molar-refractivity contribution in [1.82, 2.24) is 5.32 Å². The quantitative estimate of drug-likeness (QED) is 0.217. The number of allylic oxidation sites excluding steroid dienone is 2. The van der Waals surface area contributed by atoms with Crippen molar-refractivity contribution in [2.75, 3.05) is 39.5 Å². The summed E-state index contributed by atoms with van der Waals surface area (Å²) in [5.74, 6) is -0.946. The van der Waals surface area contributed by atoms with Crippen LogP contribution in [0, 0.1) is 10.8 Å². The van der Waals surface area contributed by atoms with Crippen LogP contribution in [0.4, 0.5) is 0 Å². The first-order valence-corrected chi connectivity index (χ1v) is 12.7. The minimum atomic E-state index is -0.946. The fourth-order valence-corrected chi connectivity index (χ4v) is 4.12. The molecule has 0 aromatic rings. The van der Waals surface area contributed by atoms with Crippen LogP contribution in [0.5, 0.6) is 0 Å². The maximum Gasteiger partial charge on any atom is 0.329 e. The molecule has 0 atom stereocenters. The molecule has 1 rings (SSSR count). The van der Waals surface area contributed by atoms with Crippen LogP contribution in [0.25, 0.3) is 0 Å². The first kappa shape index (κ1) is 28.9. The van der Waals surface area contributed by atoms with Gasteiger partial charge in [-0.3, -0.25) is 0 Å². The van der Waals surface area contributed by atoms with E-state index in [9.17, 15) is 4.79 Å². The van der Waals surface area contributed by atoms with E-state index in [2.05, 4.69) is 33.0 Å². The zero-order valence-corrected chi connectivity index (χ0v) is 21.3. The number of nitrogens with one attached hydrogen (secondary N) is 1. The molecule has 1 aliphatic carbocycles. The van der Waals surface area contributed by atoms with Gasteiger partial charge in [0.1, 0.15) is 6.61 Å². The molecule has 1 aliphatic rings. The third kappa shape index (κ3) is 14.1. The van der Waals surface area contributed by atoms with E-state index in [0.29, 0.717) is 30.7 Å². The normalized spacial score (nSPS) is 14.3. The van der Waals surface area contributed by atoms with Crippen molar-refractivity contribution in [2.24, 2.45) is 16.6 Å². The molecule has 0 aromatic heterocycles. The molecule has 0 heterocycles. The van der Waals surface area contributed by atoms with Crippen molar-refractivity contribution in [3.63, 3.8) is 0 Å². The van der Waals surface area contributed by atoms with Crippen molar-refractivity contribution >= 4 is 5.97 Å². The lowest BCUT2D eigenvalue weighted by Gasteiger charge is -2.32. The van der Waals surface area contributed by atoms with E-state index in [1.54, 1.807) is 5.57 Å². The van der Waals surface area contributed by atoms with Crippen molar-refractivity contribution < 1.29 is 19.4 Å². The first-order valence-electron chi connectivity index (χ1n) is 12.7. The molecule has 32 heavy (non-hydrogen) atoms. The van der Waals surface area contributed by atoms with Gasteiger partial charge in [-0.05, 0) is 81.6 Å². The number of carboxylic acids is 1. The zero-order valence-electron chi connectivity index (χ0n) is 21.3. The maximum absolute atomic E-state index is 10.4. The summed E-state index contributed by atoms with van der Waals surface area (Å²) in [6.07, 6.45) is 13.6. The number of hydrogen-bond acceptors (Lipinski definition) is 5. The van der Waals surface area contributed by atoms with Gasteiger partial charge in [-0.25, -0.2) is 4.79 Å². The van der Waals surface area contributed by atoms with Crippen LogP contribution < -0.4 is 11.1 Å². The number of nitrogens with two attached hydrogens (primary N) is 1. The summed E-state index contributed by atoms with van der Waals surface area (Å²) in [7, 11) is 0. The second kappa shape index (κ2) is 15.7. The first-order chi connectivity index (χ1) is 15.2. The Morgan fingerprint density at radius 2 is 1.56 bits per heavy atom. The van der Waals surface area contributed by atoms with Gasteiger partial charge in [0.25, 0.3) is 0 Å². The van der Waals surface area contributed by atoms with Crippen LogP contribution in [0.2, 0.25) is 0 Å². The van der Waals surface area contributed by atoms with Gasteiger partial charge < -0.3 is 25.6 Å². The summed E-state index contributed by atoms with van der Waals surface area (Å²) in [5, 5.41) is 12.1. The standard InChI is InChI=1S/C26H50N2O4/c1-25(2,12-5-6-16-27)14-15-26(3,4)13-8-11-23(22-9-7-10-22)28-17-18-31-19-20-32-21-24(29)30/h28H,5-21,27H2,1-4H3,(H,29,30). The van der Waals surface area contributed by atoms with Crippen LogP contribution in [-0.4, -0.2) is 50.6 Å². The molecule has 188 valence electrons. The number of carbonyl (C=O) groups is 1. The average Bonchev–Trinajstić information content (AvgIpc) is 2.67. The van der Waals surface area contributed by atoms with Gasteiger partial charge in [0.2, 0.25) is 0 Å². The molecule has 0 bridgehead atoms. The van der Waals surface area contributed by atoms with E-state index in [-0.39, 0.29) is 6.61 Å². The highest BCUT2D eigenvalue weighted by atomic mass is 16.5. The summed E-state index contributed by atoms with van der Waals surface area (Å²) in [4.78, 5) is 10.4. The molecule has 4 N–H and O–H groups in total. The lowest BCUT2D eigenvalue weighted by Crippen LogP contribution is -2.24. The Kier molecular flexibility index (Phi) is 14.2. The molecule has 0 aromatic carbocycles. The molecule has 0 saturated heterocycles. The second-order valence-corrected chi connectivity index (χ2v) is 10.8. The van der Waals surface area contributed by atoms with Crippen LogP contribution in [0.3, 0.4) is 0 Å². The highest BCUT2D eigenvalue weighted by molar-refractivity contribution is 5.67. The SMILES string of the molecule is CC(C)(CCCCN)CCC(C)(C)CCCC(NCCOCCOCC(=O)O)=C1CCC1. The van der Waals surface area contributed by atoms with Crippen molar-refractivity contribution in [3.05, 3.63) is 11.3 Å². The average molecular weight is 455 g/mol. The summed E-state index contributed by atoms with van der Waals surface area (Å²) in [5.41, 5.74) is 9.45. The Morgan fingerprint density at radius 1 is 0.938 bits per heavy atom. The minimum Gasteiger partial charge on any atom is -0.480 e. The van der Waals surface area contributed by atoms with Gasteiger partial charge in [-0.2, -0.15) is 0 Å². The van der Waals surface area contributed by atoms with E-state index >= 15 is 0 Å². The molecule has 0 unspecified atom stereocenters. The predicted octanol–water partition coefficient (Wildman–Crippen LogP) is 5.26. The van der Waals surface area contributed by atoms with Gasteiger partial charge in [-0.15, -0.1) is 0 Å². The van der Waals surface area contributed by atoms with Gasteiger partial charge in [0.05, 0.1) is 19.8 Å². The predicted molar refractivity (Wildman–Crippen MR) is 132 cm³/mol. The highest BCUT2D eigenvalue weighted by Gasteiger charge is 2.24. The van der Waals surface area contributed by atoms with E-state index in [1.165, 1.54) is 63.5 Å². The number of unbranched alkanes of at least 4 members (excludes halogenated alkanes) is 1. The molecule has 0 aliphatic heterocycles. The third-order valence-corrected chi connectivity index (χ3v) is 6.63. The smallest absolute Gasteiger partial charge is 0.329 e. The monoisotopic (exact) mass is 454 g/mol. The molecule has 1 saturated carbocycles. The summed E-state index contributed by atoms with van der Waals surface area (Å²) in [6, 6.07) is 0. The number of carboxylic acid groups (broad SMARTS) is 1. The fourth-order valence-electron chi connectivity index (χ4n) is 4.12. The van der Waals surface area contributed by atoms with Gasteiger partial charge in [0, 0.05) is 12.2 Å². The largest absolute Gasteiger partial charge is 0.480 e. The number of ether oxygens (including phenoxy) is 2. The molecular weight excluding hydrogens is 404 g/mol. The minimum absolute atomic E-state index is 0.264. The Bertz CT molecular complexity index is 552. The molecular formula is C26H50N2O4. The van der Waals surface area contributed by atoms with E-state index in [4.69, 9.17) is 20.3 Å². The number of hydrogen-bond donors (Lipinski definition) is 3. The van der Waals surface area contributed by atoms with Crippen LogP contribution >= 0.6 is 0 Å². The Labute approximate surface area is 196 Å². The van der Waals surface area contributed by atoms with E-state index < -0.39 is 5.97 Å². The molecule has 0 radical (unpaired) electrons. The Morgan fingerprint density at radius 3 is 2.12 bits per heavy atom. The summed E-state index contributed by atoms with van der Waals surface area (Å²) >= 11 is 0. The number of aliphatic carboxylic acids is 1. The highest BCUT2D eigenvalue weighted by Crippen LogP contribution is 2.38. The van der Waals surface area contributed by atoms with Gasteiger partial charge in [-0.1, -0.05) is 39.7 Å². The Hall–Kier alpha value is -1.11. The van der Waals surface area contributed by atoms with Crippen LogP contribution in [0.15, 0.2) is 11.3 Å². The third-order valence-electron chi connectivity index (χ3n) is 6.63. The van der Waals surface area contributed by atoms with Crippen molar-refractivity contribution in [2.45, 2.75) is 98.3 Å². The molecule has 1 fully saturated rings. The second-order valence-electron chi connectivity index (χ2n) is 10.8. The lowest BCUT2D eigenvalue weighted by atomic mass is 9.74. The molecule has 0 spiro atoms. The van der Waals surface area contributed by atoms with Gasteiger partial charge in [0.15, 0.2) is 0 Å². The fraction of sp³-hybridized carbons (Fsp3) is 0.885. The summed E-state index contributed by atoms with van der Waals surface area (Å²) in [6.45, 7) is 12.3. The van der Waals surface area contributed by atoms with E-state index in [0.717, 1.165) is 25.9 Å². The molecule has 6 nitrogen and oxygen atoms in total. The molecule has 6 heteroatoms. The molecule has 0 amide bonds. The lowest BCUT2D eigenvalue weighted by molar-refractivity contribution is -0.142. The number of rotatable bonds is 20. The Balaban J connectivity index is 2.26. The maximum atomic E-state index is 10.4. The summed E-state index contributed by atoms with van der Waals surface area (Å²) < 4.78 is 10.5. The van der Waals surface area contributed by atoms with Crippen molar-refractivity contribution in [3.8, 4) is 0 Å². The zero-order chi connectivity index (χ0) is 23.9. The van der Waals surface area contributed by atoms with Crippen molar-refractivity contribution in [1.29, 1.82) is 0 Å². The van der Waals surface area contributed by atoms with Gasteiger partial charge >= 0.3 is 5.97 Å². The van der Waals surface area contributed by atoms with Crippen LogP contribution in [-0.2, 0) is 14.3 Å².